The molecular weight excluding hydrogens is 350 g/mol. The summed E-state index contributed by atoms with van der Waals surface area (Å²) in [5, 5.41) is 9.65. The number of rotatable bonds is 9. The average molecular weight is 388 g/mol. The molecule has 0 atom stereocenters. The van der Waals surface area contributed by atoms with Crippen molar-refractivity contribution in [1.29, 1.82) is 0 Å². The van der Waals surface area contributed by atoms with Crippen molar-refractivity contribution in [2.45, 2.75) is 52.0 Å². The normalized spacial score (nSPS) is 15.9. The fraction of sp³-hybridized carbons (Fsp3) is 0.636. The SMILES string of the molecule is CCNC(=NCC(C)(C)N1CCCCC1)NCCCNC(=O)c1ccccc1. The zero-order chi connectivity index (χ0) is 20.2. The molecule has 0 unspecified atom stereocenters. The van der Waals surface area contributed by atoms with E-state index in [1.165, 1.54) is 32.4 Å². The Hall–Kier alpha value is -2.08. The number of nitrogens with one attached hydrogen (secondary N) is 3. The van der Waals surface area contributed by atoms with E-state index < -0.39 is 0 Å². The number of nitrogens with zero attached hydrogens (tertiary/aromatic N) is 2. The van der Waals surface area contributed by atoms with Crippen LogP contribution in [0.1, 0.15) is 56.8 Å². The van der Waals surface area contributed by atoms with Crippen LogP contribution in [0.3, 0.4) is 0 Å². The van der Waals surface area contributed by atoms with Gasteiger partial charge in [-0.25, -0.2) is 0 Å². The Morgan fingerprint density at radius 3 is 2.39 bits per heavy atom. The number of aliphatic imine (C=N–C) groups is 1. The molecule has 6 nitrogen and oxygen atoms in total. The van der Waals surface area contributed by atoms with Crippen molar-refractivity contribution in [2.75, 3.05) is 39.3 Å². The fourth-order valence-corrected chi connectivity index (χ4v) is 3.40. The number of benzene rings is 1. The highest BCUT2D eigenvalue weighted by Crippen LogP contribution is 2.20. The Labute approximate surface area is 170 Å². The van der Waals surface area contributed by atoms with Gasteiger partial charge in [0.2, 0.25) is 0 Å². The van der Waals surface area contributed by atoms with Crippen LogP contribution in [0.4, 0.5) is 0 Å². The lowest BCUT2D eigenvalue weighted by Gasteiger charge is -2.40. The van der Waals surface area contributed by atoms with E-state index in [0.717, 1.165) is 32.0 Å². The largest absolute Gasteiger partial charge is 0.357 e. The first kappa shape index (κ1) is 22.2. The Kier molecular flexibility index (Phi) is 9.28. The first-order valence-corrected chi connectivity index (χ1v) is 10.6. The average Bonchev–Trinajstić information content (AvgIpc) is 2.73. The van der Waals surface area contributed by atoms with E-state index in [4.69, 9.17) is 4.99 Å². The van der Waals surface area contributed by atoms with Gasteiger partial charge in [0.15, 0.2) is 5.96 Å². The van der Waals surface area contributed by atoms with Crippen molar-refractivity contribution in [3.63, 3.8) is 0 Å². The standard InChI is InChI=1S/C22H37N5O/c1-4-23-21(26-18-22(2,3)27-16-9-6-10-17-27)25-15-11-14-24-20(28)19-12-7-5-8-13-19/h5,7-8,12-13H,4,6,9-11,14-18H2,1-3H3,(H,24,28)(H2,23,25,26). The molecule has 1 heterocycles. The lowest BCUT2D eigenvalue weighted by Crippen LogP contribution is -2.49. The van der Waals surface area contributed by atoms with Crippen molar-refractivity contribution < 1.29 is 4.79 Å². The lowest BCUT2D eigenvalue weighted by atomic mass is 9.99. The third kappa shape index (κ3) is 7.50. The van der Waals surface area contributed by atoms with Crippen molar-refractivity contribution in [3.05, 3.63) is 35.9 Å². The van der Waals surface area contributed by atoms with Crippen molar-refractivity contribution in [1.82, 2.24) is 20.9 Å². The molecule has 0 saturated carbocycles. The number of piperidine rings is 1. The maximum atomic E-state index is 12.0. The van der Waals surface area contributed by atoms with Gasteiger partial charge in [0, 0.05) is 30.7 Å². The molecule has 2 rings (SSSR count). The van der Waals surface area contributed by atoms with Gasteiger partial charge in [-0.1, -0.05) is 24.6 Å². The topological polar surface area (TPSA) is 68.8 Å². The van der Waals surface area contributed by atoms with E-state index in [9.17, 15) is 4.79 Å². The van der Waals surface area contributed by atoms with Gasteiger partial charge in [0.05, 0.1) is 6.54 Å². The predicted molar refractivity (Wildman–Crippen MR) is 117 cm³/mol. The number of guanidine groups is 1. The minimum atomic E-state index is -0.0237. The summed E-state index contributed by atoms with van der Waals surface area (Å²) in [5.74, 6) is 0.825. The second-order valence-electron chi connectivity index (χ2n) is 7.96. The molecular formula is C22H37N5O. The quantitative estimate of drug-likeness (QED) is 0.346. The van der Waals surface area contributed by atoms with Crippen LogP contribution in [0.25, 0.3) is 0 Å². The number of carbonyl (C=O) groups excluding carboxylic acids is 1. The Morgan fingerprint density at radius 1 is 1.04 bits per heavy atom. The zero-order valence-corrected chi connectivity index (χ0v) is 17.8. The first-order chi connectivity index (χ1) is 13.5. The highest BCUT2D eigenvalue weighted by atomic mass is 16.1. The molecule has 0 spiro atoms. The van der Waals surface area contributed by atoms with E-state index in [0.29, 0.717) is 12.1 Å². The molecule has 3 N–H and O–H groups in total. The van der Waals surface area contributed by atoms with Gasteiger partial charge in [-0.2, -0.15) is 0 Å². The summed E-state index contributed by atoms with van der Waals surface area (Å²) in [6, 6.07) is 9.32. The molecule has 1 amide bonds. The zero-order valence-electron chi connectivity index (χ0n) is 17.8. The van der Waals surface area contributed by atoms with E-state index in [-0.39, 0.29) is 11.4 Å². The van der Waals surface area contributed by atoms with Gasteiger partial charge in [0.25, 0.3) is 5.91 Å². The molecule has 0 aliphatic carbocycles. The van der Waals surface area contributed by atoms with Crippen molar-refractivity contribution >= 4 is 11.9 Å². The van der Waals surface area contributed by atoms with E-state index in [1.807, 2.05) is 30.3 Å². The monoisotopic (exact) mass is 387 g/mol. The lowest BCUT2D eigenvalue weighted by molar-refractivity contribution is 0.0953. The molecule has 0 bridgehead atoms. The van der Waals surface area contributed by atoms with Gasteiger partial charge in [-0.3, -0.25) is 14.7 Å². The first-order valence-electron chi connectivity index (χ1n) is 10.6. The van der Waals surface area contributed by atoms with Crippen molar-refractivity contribution in [3.8, 4) is 0 Å². The number of amides is 1. The minimum absolute atomic E-state index is 0.0237. The maximum absolute atomic E-state index is 12.0. The summed E-state index contributed by atoms with van der Waals surface area (Å²) >= 11 is 0. The smallest absolute Gasteiger partial charge is 0.251 e. The molecule has 1 aromatic carbocycles. The molecule has 0 radical (unpaired) electrons. The third-order valence-corrected chi connectivity index (χ3v) is 5.15. The molecule has 0 aromatic heterocycles. The number of hydrogen-bond donors (Lipinski definition) is 3. The van der Waals surface area contributed by atoms with Crippen LogP contribution in [-0.4, -0.2) is 61.6 Å². The highest BCUT2D eigenvalue weighted by Gasteiger charge is 2.27. The van der Waals surface area contributed by atoms with E-state index in [2.05, 4.69) is 41.6 Å². The predicted octanol–water partition coefficient (Wildman–Crippen LogP) is 2.63. The number of carbonyl (C=O) groups is 1. The van der Waals surface area contributed by atoms with Crippen molar-refractivity contribution in [2.24, 2.45) is 4.99 Å². The molecule has 1 aliphatic heterocycles. The maximum Gasteiger partial charge on any atom is 0.251 e. The Balaban J connectivity index is 1.72. The highest BCUT2D eigenvalue weighted by molar-refractivity contribution is 5.94. The summed E-state index contributed by atoms with van der Waals surface area (Å²) in [7, 11) is 0. The third-order valence-electron chi connectivity index (χ3n) is 5.15. The molecule has 1 fully saturated rings. The summed E-state index contributed by atoms with van der Waals surface area (Å²) in [6.45, 7) is 12.0. The fourth-order valence-electron chi connectivity index (χ4n) is 3.40. The van der Waals surface area contributed by atoms with E-state index >= 15 is 0 Å². The van der Waals surface area contributed by atoms with Crippen LogP contribution >= 0.6 is 0 Å². The molecule has 1 aromatic rings. The molecule has 156 valence electrons. The van der Waals surface area contributed by atoms with Crippen LogP contribution in [0.5, 0.6) is 0 Å². The second kappa shape index (κ2) is 11.7. The van der Waals surface area contributed by atoms with Gasteiger partial charge >= 0.3 is 0 Å². The van der Waals surface area contributed by atoms with Crippen LogP contribution < -0.4 is 16.0 Å². The summed E-state index contributed by atoms with van der Waals surface area (Å²) in [5.41, 5.74) is 0.775. The number of likely N-dealkylation sites (tertiary alicyclic amines) is 1. The van der Waals surface area contributed by atoms with Crippen LogP contribution in [0.15, 0.2) is 35.3 Å². The Morgan fingerprint density at radius 2 is 1.71 bits per heavy atom. The van der Waals surface area contributed by atoms with Gasteiger partial charge in [0.1, 0.15) is 0 Å². The molecule has 1 saturated heterocycles. The Bertz CT molecular complexity index is 609. The molecule has 28 heavy (non-hydrogen) atoms. The summed E-state index contributed by atoms with van der Waals surface area (Å²) < 4.78 is 0. The second-order valence-corrected chi connectivity index (χ2v) is 7.96. The summed E-state index contributed by atoms with van der Waals surface area (Å²) in [4.78, 5) is 19.4. The molecule has 6 heteroatoms. The summed E-state index contributed by atoms with van der Waals surface area (Å²) in [6.07, 6.45) is 4.78. The van der Waals surface area contributed by atoms with Gasteiger partial charge in [-0.05, 0) is 65.3 Å². The minimum Gasteiger partial charge on any atom is -0.357 e. The van der Waals surface area contributed by atoms with Crippen LogP contribution in [0, 0.1) is 0 Å². The molecule has 1 aliphatic rings. The number of hydrogen-bond acceptors (Lipinski definition) is 3. The van der Waals surface area contributed by atoms with Crippen LogP contribution in [0.2, 0.25) is 0 Å². The van der Waals surface area contributed by atoms with E-state index in [1.54, 1.807) is 0 Å². The van der Waals surface area contributed by atoms with Gasteiger partial charge < -0.3 is 16.0 Å². The van der Waals surface area contributed by atoms with Crippen LogP contribution in [-0.2, 0) is 0 Å². The van der Waals surface area contributed by atoms with Gasteiger partial charge in [-0.15, -0.1) is 0 Å².